The van der Waals surface area contributed by atoms with Crippen LogP contribution in [0.1, 0.15) is 48.6 Å². The van der Waals surface area contributed by atoms with Crippen molar-refractivity contribution in [2.24, 2.45) is 0 Å². The number of nitrogens with zero attached hydrogens (tertiary/aromatic N) is 2. The SMILES string of the molecule is CC(C)(C)c1ccc(N(c2ccc(-c3ccccc3)cc2F)c2cc3c(c4sc5ccccc5c24)-c2c(cc(N(c4ccccc4)c4ccc(-c5ccccc5)cc4F)c4oc5ccccc5c24)C32c3ccccc3-c3ccccc32)cc1. The maximum atomic E-state index is 18.0. The van der Waals surface area contributed by atoms with Crippen molar-refractivity contribution in [3.05, 3.63) is 300 Å². The molecule has 396 valence electrons. The Balaban J connectivity index is 1.07. The summed E-state index contributed by atoms with van der Waals surface area (Å²) in [6, 6.07) is 89.3. The van der Waals surface area contributed by atoms with E-state index in [1.807, 2.05) is 132 Å². The van der Waals surface area contributed by atoms with Crippen molar-refractivity contribution in [1.82, 2.24) is 0 Å². The van der Waals surface area contributed by atoms with Crippen molar-refractivity contribution in [2.45, 2.75) is 31.6 Å². The van der Waals surface area contributed by atoms with Gasteiger partial charge in [-0.05, 0) is 139 Å². The lowest BCUT2D eigenvalue weighted by molar-refractivity contribution is 0.590. The van der Waals surface area contributed by atoms with E-state index in [-0.39, 0.29) is 17.0 Å². The first-order valence-electron chi connectivity index (χ1n) is 28.3. The van der Waals surface area contributed by atoms with Crippen molar-refractivity contribution in [2.75, 3.05) is 9.80 Å². The van der Waals surface area contributed by atoms with Crippen molar-refractivity contribution in [3.63, 3.8) is 0 Å². The van der Waals surface area contributed by atoms with E-state index in [1.54, 1.807) is 23.5 Å². The number of hydrogen-bond acceptors (Lipinski definition) is 4. The third kappa shape index (κ3) is 7.32. The fraction of sp³-hybridized carbons (Fsp3) is 0.0649. The zero-order chi connectivity index (χ0) is 55.7. The fourth-order valence-electron chi connectivity index (χ4n) is 13.7. The Hall–Kier alpha value is -9.88. The van der Waals surface area contributed by atoms with Gasteiger partial charge in [0.05, 0.1) is 28.2 Å². The monoisotopic (exact) mass is 1090 g/mol. The van der Waals surface area contributed by atoms with Crippen LogP contribution < -0.4 is 9.80 Å². The van der Waals surface area contributed by atoms with Gasteiger partial charge in [0, 0.05) is 53.4 Å². The van der Waals surface area contributed by atoms with Gasteiger partial charge in [0.15, 0.2) is 5.58 Å². The van der Waals surface area contributed by atoms with Crippen LogP contribution in [0.15, 0.2) is 265 Å². The number of thiophene rings is 1. The number of benzene rings is 12. The van der Waals surface area contributed by atoms with Gasteiger partial charge in [-0.2, -0.15) is 0 Å². The predicted octanol–water partition coefficient (Wildman–Crippen LogP) is 22.1. The van der Waals surface area contributed by atoms with Gasteiger partial charge in [-0.3, -0.25) is 0 Å². The molecule has 0 bridgehead atoms. The van der Waals surface area contributed by atoms with Gasteiger partial charge in [0.2, 0.25) is 0 Å². The van der Waals surface area contributed by atoms with Crippen LogP contribution in [0.25, 0.3) is 86.6 Å². The highest BCUT2D eigenvalue weighted by atomic mass is 32.1. The average Bonchev–Trinajstić information content (AvgIpc) is 1.54. The molecule has 2 aliphatic rings. The van der Waals surface area contributed by atoms with Gasteiger partial charge in [-0.15, -0.1) is 11.3 Å². The molecule has 14 aromatic rings. The largest absolute Gasteiger partial charge is 0.454 e. The van der Waals surface area contributed by atoms with Crippen LogP contribution in [0.4, 0.5) is 42.9 Å². The fourth-order valence-corrected chi connectivity index (χ4v) is 14.9. The Morgan fingerprint density at radius 1 is 0.398 bits per heavy atom. The topological polar surface area (TPSA) is 19.6 Å². The van der Waals surface area contributed by atoms with Crippen LogP contribution in [0, 0.1) is 11.6 Å². The maximum absolute atomic E-state index is 18.0. The number of para-hydroxylation sites is 2. The molecule has 12 aromatic carbocycles. The maximum Gasteiger partial charge on any atom is 0.160 e. The summed E-state index contributed by atoms with van der Waals surface area (Å²) in [6.07, 6.45) is 0. The van der Waals surface area contributed by atoms with Gasteiger partial charge in [0.25, 0.3) is 0 Å². The summed E-state index contributed by atoms with van der Waals surface area (Å²) in [6.45, 7) is 6.67. The zero-order valence-electron chi connectivity index (χ0n) is 45.8. The van der Waals surface area contributed by atoms with E-state index >= 15 is 8.78 Å². The van der Waals surface area contributed by atoms with Gasteiger partial charge in [-0.1, -0.05) is 209 Å². The van der Waals surface area contributed by atoms with E-state index in [2.05, 4.69) is 147 Å². The second-order valence-corrected chi connectivity index (χ2v) is 24.0. The minimum atomic E-state index is -0.951. The highest BCUT2D eigenvalue weighted by molar-refractivity contribution is 7.26. The minimum Gasteiger partial charge on any atom is -0.454 e. The Labute approximate surface area is 484 Å². The summed E-state index contributed by atoms with van der Waals surface area (Å²) in [4.78, 5) is 4.21. The summed E-state index contributed by atoms with van der Waals surface area (Å²) in [5, 5.41) is 4.00. The quantitative estimate of drug-likeness (QED) is 0.151. The molecule has 2 aliphatic carbocycles. The molecule has 16 rings (SSSR count). The highest BCUT2D eigenvalue weighted by Crippen LogP contribution is 2.68. The van der Waals surface area contributed by atoms with E-state index < -0.39 is 5.41 Å². The summed E-state index contributed by atoms with van der Waals surface area (Å²) in [5.41, 5.74) is 17.8. The molecule has 0 saturated carbocycles. The molecule has 2 heterocycles. The summed E-state index contributed by atoms with van der Waals surface area (Å²) in [5.74, 6) is -0.707. The minimum absolute atomic E-state index is 0.118. The first kappa shape index (κ1) is 49.0. The molecule has 0 amide bonds. The number of furan rings is 1. The Kier molecular flexibility index (Phi) is 11.0. The van der Waals surface area contributed by atoms with E-state index in [9.17, 15) is 0 Å². The third-order valence-corrected chi connectivity index (χ3v) is 18.5. The molecule has 0 saturated heterocycles. The second-order valence-electron chi connectivity index (χ2n) is 23.0. The number of fused-ring (bicyclic) bond motifs is 18. The smallest absolute Gasteiger partial charge is 0.160 e. The molecular weight excluding hydrogens is 1040 g/mol. The van der Waals surface area contributed by atoms with Gasteiger partial charge in [0.1, 0.15) is 17.2 Å². The molecule has 2 aromatic heterocycles. The van der Waals surface area contributed by atoms with Crippen molar-refractivity contribution >= 4 is 87.6 Å². The molecule has 83 heavy (non-hydrogen) atoms. The summed E-state index contributed by atoms with van der Waals surface area (Å²) >= 11 is 1.78. The van der Waals surface area contributed by atoms with Gasteiger partial charge in [-0.25, -0.2) is 8.78 Å². The van der Waals surface area contributed by atoms with E-state index in [4.69, 9.17) is 4.42 Å². The average molecular weight is 1090 g/mol. The van der Waals surface area contributed by atoms with Crippen LogP contribution in [0.5, 0.6) is 0 Å². The molecule has 0 aliphatic heterocycles. The van der Waals surface area contributed by atoms with Crippen LogP contribution in [0.3, 0.4) is 0 Å². The third-order valence-electron chi connectivity index (χ3n) is 17.3. The molecular formula is C77H52F2N2OS. The van der Waals surface area contributed by atoms with Crippen molar-refractivity contribution in [1.29, 1.82) is 0 Å². The standard InChI is InChI=1S/C77H52F2N2OS/c1-76(2,3)51-37-39-53(40-38-51)80(64-41-35-49(43-62(64)78)47-21-7-4-8-22-47)66-45-61-73(75-70(66)57-30-16-20-34-69(57)83-75)72-60(77(61)58-31-17-13-27-54(58)55-28-14-18-32-59(55)77)46-67(74-71(72)56-29-15-19-33-68(56)82-74)81(52-25-11-6-12-26-52)65-42-36-50(44-63(65)79)48-23-9-5-10-24-48/h4-46H,1-3H3. The van der Waals surface area contributed by atoms with Crippen LogP contribution in [-0.2, 0) is 10.8 Å². The number of anilines is 6. The second kappa shape index (κ2) is 18.6. The van der Waals surface area contributed by atoms with Crippen LogP contribution in [-0.4, -0.2) is 0 Å². The van der Waals surface area contributed by atoms with E-state index in [0.29, 0.717) is 22.6 Å². The lowest BCUT2D eigenvalue weighted by Crippen LogP contribution is -2.27. The number of hydrogen-bond donors (Lipinski definition) is 0. The number of rotatable bonds is 8. The Bertz CT molecular complexity index is 4880. The molecule has 0 fully saturated rings. The molecule has 0 unspecified atom stereocenters. The van der Waals surface area contributed by atoms with Gasteiger partial charge >= 0.3 is 0 Å². The first-order valence-corrected chi connectivity index (χ1v) is 29.1. The molecule has 0 radical (unpaired) electrons. The zero-order valence-corrected chi connectivity index (χ0v) is 46.6. The van der Waals surface area contributed by atoms with Crippen LogP contribution in [0.2, 0.25) is 0 Å². The molecule has 0 N–H and O–H groups in total. The predicted molar refractivity (Wildman–Crippen MR) is 342 cm³/mol. The first-order chi connectivity index (χ1) is 40.6. The van der Waals surface area contributed by atoms with Crippen LogP contribution >= 0.6 is 11.3 Å². The van der Waals surface area contributed by atoms with Gasteiger partial charge < -0.3 is 14.2 Å². The normalized spacial score (nSPS) is 13.0. The molecule has 1 spiro atoms. The van der Waals surface area contributed by atoms with E-state index in [1.165, 1.54) is 5.56 Å². The molecule has 3 nitrogen and oxygen atoms in total. The Morgan fingerprint density at radius 2 is 0.892 bits per heavy atom. The molecule has 0 atom stereocenters. The highest BCUT2D eigenvalue weighted by Gasteiger charge is 2.54. The molecule has 6 heteroatoms. The summed E-state index contributed by atoms with van der Waals surface area (Å²) < 4.78 is 45.2. The summed E-state index contributed by atoms with van der Waals surface area (Å²) in [7, 11) is 0. The van der Waals surface area contributed by atoms with Crippen molar-refractivity contribution < 1.29 is 13.2 Å². The number of halogens is 2. The lowest BCUT2D eigenvalue weighted by atomic mass is 9.70. The van der Waals surface area contributed by atoms with E-state index in [0.717, 1.165) is 120 Å². The lowest BCUT2D eigenvalue weighted by Gasteiger charge is -2.34. The van der Waals surface area contributed by atoms with Crippen molar-refractivity contribution in [3.8, 4) is 44.5 Å². The Morgan fingerprint density at radius 3 is 1.49 bits per heavy atom.